The predicted molar refractivity (Wildman–Crippen MR) is 148 cm³/mol. The Morgan fingerprint density at radius 1 is 1.05 bits per heavy atom. The zero-order valence-electron chi connectivity index (χ0n) is 21.7. The van der Waals surface area contributed by atoms with E-state index in [1.165, 1.54) is 0 Å². The van der Waals surface area contributed by atoms with Gasteiger partial charge >= 0.3 is 0 Å². The van der Waals surface area contributed by atoms with Crippen molar-refractivity contribution in [3.8, 4) is 5.75 Å². The average molecular weight is 520 g/mol. The summed E-state index contributed by atoms with van der Waals surface area (Å²) in [6.45, 7) is 6.60. The van der Waals surface area contributed by atoms with E-state index in [2.05, 4.69) is 22.1 Å². The quantitative estimate of drug-likeness (QED) is 0.381. The molecule has 2 fully saturated rings. The average Bonchev–Trinajstić information content (AvgIpc) is 3.67. The zero-order chi connectivity index (χ0) is 26.9. The number of ketones is 1. The fraction of sp³-hybridized carbons (Fsp3) is 0.281. The van der Waals surface area contributed by atoms with Crippen LogP contribution in [0.2, 0.25) is 0 Å². The van der Waals surface area contributed by atoms with Crippen LogP contribution in [-0.2, 0) is 20.5 Å². The highest BCUT2D eigenvalue weighted by molar-refractivity contribution is 6.21. The van der Waals surface area contributed by atoms with Gasteiger partial charge in [0.1, 0.15) is 23.3 Å². The summed E-state index contributed by atoms with van der Waals surface area (Å²) in [5, 5.41) is 6.22. The molecule has 7 nitrogen and oxygen atoms in total. The predicted octanol–water partition coefficient (Wildman–Crippen LogP) is 4.57. The van der Waals surface area contributed by atoms with Crippen LogP contribution in [0.25, 0.3) is 0 Å². The molecule has 4 heterocycles. The number of benzene rings is 3. The Morgan fingerprint density at radius 3 is 2.69 bits per heavy atom. The van der Waals surface area contributed by atoms with Crippen molar-refractivity contribution >= 4 is 29.0 Å². The maximum absolute atomic E-state index is 14.7. The van der Waals surface area contributed by atoms with Crippen LogP contribution in [0.1, 0.15) is 39.9 Å². The number of nitrogens with one attached hydrogen (secondary N) is 2. The first-order valence-electron chi connectivity index (χ1n) is 13.4. The van der Waals surface area contributed by atoms with Gasteiger partial charge < -0.3 is 15.4 Å². The van der Waals surface area contributed by atoms with E-state index in [-0.39, 0.29) is 23.6 Å². The van der Waals surface area contributed by atoms with E-state index in [9.17, 15) is 14.4 Å². The molecule has 0 bridgehead atoms. The maximum Gasteiger partial charge on any atom is 0.251 e. The molecule has 0 radical (unpaired) electrons. The van der Waals surface area contributed by atoms with Crippen molar-refractivity contribution in [3.05, 3.63) is 102 Å². The van der Waals surface area contributed by atoms with Crippen molar-refractivity contribution in [3.63, 3.8) is 0 Å². The number of aryl methyl sites for hydroxylation is 1. The van der Waals surface area contributed by atoms with E-state index in [0.717, 1.165) is 29.7 Å². The molecule has 4 atom stereocenters. The Hall–Kier alpha value is -4.23. The third-order valence-corrected chi connectivity index (χ3v) is 9.11. The van der Waals surface area contributed by atoms with E-state index in [1.807, 2.05) is 49.4 Å². The van der Waals surface area contributed by atoms with Crippen LogP contribution >= 0.6 is 0 Å². The molecule has 2 saturated heterocycles. The molecule has 2 spiro atoms. The van der Waals surface area contributed by atoms with Crippen LogP contribution in [0.5, 0.6) is 5.75 Å². The smallest absolute Gasteiger partial charge is 0.251 e. The summed E-state index contributed by atoms with van der Waals surface area (Å²) in [6, 6.07) is 20.2. The summed E-state index contributed by atoms with van der Waals surface area (Å²) in [6.07, 6.45) is 3.21. The maximum atomic E-state index is 14.7. The van der Waals surface area contributed by atoms with Crippen molar-refractivity contribution in [2.45, 2.75) is 36.8 Å². The fourth-order valence-corrected chi connectivity index (χ4v) is 7.83. The van der Waals surface area contributed by atoms with Gasteiger partial charge in [0.15, 0.2) is 5.78 Å². The third-order valence-electron chi connectivity index (χ3n) is 9.11. The number of hydrogen-bond acceptors (Lipinski definition) is 5. The van der Waals surface area contributed by atoms with Gasteiger partial charge in [0.25, 0.3) is 5.91 Å². The van der Waals surface area contributed by atoms with Gasteiger partial charge in [-0.3, -0.25) is 19.3 Å². The zero-order valence-corrected chi connectivity index (χ0v) is 21.7. The number of fused-ring (bicyclic) bond motifs is 7. The Kier molecular flexibility index (Phi) is 5.13. The lowest BCUT2D eigenvalue weighted by molar-refractivity contribution is -0.137. The first kappa shape index (κ1) is 23.9. The summed E-state index contributed by atoms with van der Waals surface area (Å²) >= 11 is 0. The summed E-state index contributed by atoms with van der Waals surface area (Å²) in [4.78, 5) is 45.9. The number of carbonyl (C=O) groups is 3. The molecule has 0 unspecified atom stereocenters. The third kappa shape index (κ3) is 2.83. The number of para-hydroxylation sites is 2. The van der Waals surface area contributed by atoms with E-state index in [4.69, 9.17) is 4.74 Å². The standard InChI is InChI=1S/C32H29N3O4/c1-3-17-39-21-11-7-10-20(18-21)28(36)26-25-15-8-16-35(25)32(23-13-6-9-19(2)27(23)34-30(32)38)31(26)22-12-4-5-14-24(22)33-29(31)37/h3-7,9-14,18,25-26H,1,8,15-17H2,2H3,(H,33,37)(H,34,38)/t25-,26-,31+,32+/m0/s1. The minimum Gasteiger partial charge on any atom is -0.490 e. The van der Waals surface area contributed by atoms with Crippen LogP contribution in [0.3, 0.4) is 0 Å². The molecule has 7 rings (SSSR count). The number of amides is 2. The van der Waals surface area contributed by atoms with Gasteiger partial charge in [-0.2, -0.15) is 0 Å². The first-order chi connectivity index (χ1) is 19.0. The molecule has 2 N–H and O–H groups in total. The summed E-state index contributed by atoms with van der Waals surface area (Å²) in [7, 11) is 0. The van der Waals surface area contributed by atoms with Gasteiger partial charge in [0.05, 0.1) is 5.92 Å². The molecule has 4 aliphatic rings. The van der Waals surface area contributed by atoms with E-state index in [1.54, 1.807) is 30.3 Å². The van der Waals surface area contributed by atoms with Crippen LogP contribution in [-0.4, -0.2) is 41.7 Å². The van der Waals surface area contributed by atoms with Crippen LogP contribution in [0, 0.1) is 12.8 Å². The minimum atomic E-state index is -1.45. The number of anilines is 2. The number of rotatable bonds is 5. The van der Waals surface area contributed by atoms with E-state index in [0.29, 0.717) is 35.7 Å². The SMILES string of the molecule is C=CCOc1cccc(C(=O)[C@@H]2[C@@H]3CCCN3[C@]3(C(=O)Nc4c(C)cccc43)[C@@]23C(=O)Nc2ccccc23)c1. The highest BCUT2D eigenvalue weighted by Crippen LogP contribution is 2.68. The normalized spacial score (nSPS) is 28.2. The molecule has 0 aliphatic carbocycles. The van der Waals surface area contributed by atoms with E-state index >= 15 is 0 Å². The number of carbonyl (C=O) groups excluding carboxylic acids is 3. The number of nitrogens with zero attached hydrogens (tertiary/aromatic N) is 1. The summed E-state index contributed by atoms with van der Waals surface area (Å²) < 4.78 is 5.74. The van der Waals surface area contributed by atoms with Gasteiger partial charge in [-0.15, -0.1) is 0 Å². The Morgan fingerprint density at radius 2 is 1.85 bits per heavy atom. The first-order valence-corrected chi connectivity index (χ1v) is 13.4. The number of Topliss-reactive ketones (excluding diaryl/α,β-unsaturated/α-hetero) is 1. The Labute approximate surface area is 226 Å². The number of ether oxygens (including phenoxy) is 1. The van der Waals surface area contributed by atoms with E-state index < -0.39 is 16.9 Å². The van der Waals surface area contributed by atoms with Crippen LogP contribution < -0.4 is 15.4 Å². The molecule has 39 heavy (non-hydrogen) atoms. The molecule has 7 heteroatoms. The summed E-state index contributed by atoms with van der Waals surface area (Å²) in [5.74, 6) is -0.935. The molecule has 2 amide bonds. The van der Waals surface area contributed by atoms with Gasteiger partial charge in [-0.1, -0.05) is 61.2 Å². The summed E-state index contributed by atoms with van der Waals surface area (Å²) in [5.41, 5.74) is 1.43. The molecule has 3 aromatic rings. The van der Waals surface area contributed by atoms with Crippen molar-refractivity contribution in [1.29, 1.82) is 0 Å². The largest absolute Gasteiger partial charge is 0.490 e. The van der Waals surface area contributed by atoms with Crippen molar-refractivity contribution in [2.24, 2.45) is 5.92 Å². The molecular weight excluding hydrogens is 490 g/mol. The highest BCUT2D eigenvalue weighted by atomic mass is 16.5. The molecule has 4 aliphatic heterocycles. The highest BCUT2D eigenvalue weighted by Gasteiger charge is 2.81. The van der Waals surface area contributed by atoms with Crippen LogP contribution in [0.4, 0.5) is 11.4 Å². The fourth-order valence-electron chi connectivity index (χ4n) is 7.83. The van der Waals surface area contributed by atoms with Crippen molar-refractivity contribution in [1.82, 2.24) is 4.90 Å². The lowest BCUT2D eigenvalue weighted by atomic mass is 9.57. The monoisotopic (exact) mass is 519 g/mol. The second-order valence-electron chi connectivity index (χ2n) is 10.8. The number of hydrogen-bond donors (Lipinski definition) is 2. The lowest BCUT2D eigenvalue weighted by Crippen LogP contribution is -2.62. The lowest BCUT2D eigenvalue weighted by Gasteiger charge is -2.43. The second kappa shape index (κ2) is 8.38. The second-order valence-corrected chi connectivity index (χ2v) is 10.8. The van der Waals surface area contributed by atoms with Gasteiger partial charge in [-0.05, 0) is 55.6 Å². The van der Waals surface area contributed by atoms with Gasteiger partial charge in [-0.25, -0.2) is 0 Å². The molecule has 3 aromatic carbocycles. The van der Waals surface area contributed by atoms with Gasteiger partial charge in [0.2, 0.25) is 5.91 Å². The van der Waals surface area contributed by atoms with Crippen molar-refractivity contribution < 1.29 is 19.1 Å². The van der Waals surface area contributed by atoms with Gasteiger partial charge in [0, 0.05) is 28.5 Å². The topological polar surface area (TPSA) is 87.7 Å². The van der Waals surface area contributed by atoms with Crippen LogP contribution in [0.15, 0.2) is 79.4 Å². The Bertz CT molecular complexity index is 1580. The Balaban J connectivity index is 1.52. The minimum absolute atomic E-state index is 0.159. The molecular formula is C32H29N3O4. The molecule has 0 aromatic heterocycles. The molecule has 0 saturated carbocycles. The molecule has 196 valence electrons. The van der Waals surface area contributed by atoms with Crippen molar-refractivity contribution in [2.75, 3.05) is 23.8 Å².